The summed E-state index contributed by atoms with van der Waals surface area (Å²) in [6.07, 6.45) is 1.22. The van der Waals surface area contributed by atoms with Crippen LogP contribution in [0.15, 0.2) is 29.3 Å². The van der Waals surface area contributed by atoms with Gasteiger partial charge in [-0.3, -0.25) is 4.90 Å². The summed E-state index contributed by atoms with van der Waals surface area (Å²) < 4.78 is 11.4. The molecule has 8 heteroatoms. The van der Waals surface area contributed by atoms with Gasteiger partial charge >= 0.3 is 0 Å². The fraction of sp³-hybridized carbons (Fsp3) is 0.667. The average Bonchev–Trinajstić information content (AvgIpc) is 3.16. The number of morpholine rings is 1. The highest BCUT2D eigenvalue weighted by Crippen LogP contribution is 2.19. The molecule has 0 amide bonds. The van der Waals surface area contributed by atoms with Crippen LogP contribution in [-0.2, 0) is 4.74 Å². The Kier molecular flexibility index (Phi) is 10.8. The lowest BCUT2D eigenvalue weighted by atomic mass is 10.1. The second-order valence-corrected chi connectivity index (χ2v) is 8.03. The molecule has 2 fully saturated rings. The van der Waals surface area contributed by atoms with E-state index in [2.05, 4.69) is 22.0 Å². The largest absolute Gasteiger partial charge is 0.489 e. The number of nitrogens with one attached hydrogen (secondary N) is 1. The number of rotatable bonds is 7. The number of benzene rings is 1. The van der Waals surface area contributed by atoms with Gasteiger partial charge in [-0.25, -0.2) is 4.99 Å². The summed E-state index contributed by atoms with van der Waals surface area (Å²) in [5, 5.41) is 4.16. The quantitative estimate of drug-likeness (QED) is 0.329. The Morgan fingerprint density at radius 2 is 2.00 bits per heavy atom. The van der Waals surface area contributed by atoms with Gasteiger partial charge in [0.2, 0.25) is 0 Å². The van der Waals surface area contributed by atoms with E-state index >= 15 is 0 Å². The van der Waals surface area contributed by atoms with Crippen molar-refractivity contribution in [2.24, 2.45) is 10.9 Å². The minimum Gasteiger partial charge on any atom is -0.489 e. The predicted molar refractivity (Wildman–Crippen MR) is 130 cm³/mol. The van der Waals surface area contributed by atoms with Gasteiger partial charge < -0.3 is 19.7 Å². The lowest BCUT2D eigenvalue weighted by Crippen LogP contribution is -2.42. The minimum atomic E-state index is 0. The van der Waals surface area contributed by atoms with Crippen LogP contribution in [-0.4, -0.2) is 80.9 Å². The molecular formula is C21H34ClIN4O2. The molecule has 164 valence electrons. The molecule has 0 aliphatic carbocycles. The maximum Gasteiger partial charge on any atom is 0.194 e. The monoisotopic (exact) mass is 536 g/mol. The maximum absolute atomic E-state index is 5.95. The Labute approximate surface area is 197 Å². The molecule has 3 rings (SSSR count). The van der Waals surface area contributed by atoms with Crippen molar-refractivity contribution < 1.29 is 9.47 Å². The lowest BCUT2D eigenvalue weighted by molar-refractivity contribution is 0.0315. The number of ether oxygens (including phenoxy) is 2. The molecule has 2 aliphatic heterocycles. The van der Waals surface area contributed by atoms with Crippen LogP contribution in [0, 0.1) is 5.92 Å². The van der Waals surface area contributed by atoms with E-state index in [0.29, 0.717) is 17.5 Å². The van der Waals surface area contributed by atoms with E-state index in [9.17, 15) is 0 Å². The summed E-state index contributed by atoms with van der Waals surface area (Å²) in [7, 11) is 0. The molecular weight excluding hydrogens is 503 g/mol. The molecule has 0 spiro atoms. The topological polar surface area (TPSA) is 49.3 Å². The van der Waals surface area contributed by atoms with Crippen LogP contribution in [0.4, 0.5) is 0 Å². The smallest absolute Gasteiger partial charge is 0.194 e. The molecule has 2 unspecified atom stereocenters. The van der Waals surface area contributed by atoms with E-state index in [1.807, 2.05) is 31.2 Å². The lowest BCUT2D eigenvalue weighted by Gasteiger charge is -2.29. The Hall–Kier alpha value is -0.770. The summed E-state index contributed by atoms with van der Waals surface area (Å²) in [5.41, 5.74) is 0. The van der Waals surface area contributed by atoms with E-state index in [-0.39, 0.29) is 30.1 Å². The second-order valence-electron chi connectivity index (χ2n) is 7.59. The molecule has 6 nitrogen and oxygen atoms in total. The Morgan fingerprint density at radius 1 is 1.28 bits per heavy atom. The third-order valence-corrected chi connectivity index (χ3v) is 5.44. The van der Waals surface area contributed by atoms with Gasteiger partial charge in [0, 0.05) is 44.3 Å². The number of hydrogen-bond donors (Lipinski definition) is 1. The number of hydrogen-bond acceptors (Lipinski definition) is 4. The van der Waals surface area contributed by atoms with E-state index in [4.69, 9.17) is 26.1 Å². The number of likely N-dealkylation sites (tertiary alicyclic amines) is 1. The first-order valence-electron chi connectivity index (χ1n) is 10.4. The van der Waals surface area contributed by atoms with Gasteiger partial charge in [-0.2, -0.15) is 0 Å². The minimum absolute atomic E-state index is 0. The number of halogens is 2. The summed E-state index contributed by atoms with van der Waals surface area (Å²) in [4.78, 5) is 9.76. The van der Waals surface area contributed by atoms with Gasteiger partial charge in [0.15, 0.2) is 5.96 Å². The predicted octanol–water partition coefficient (Wildman–Crippen LogP) is 3.34. The molecule has 2 saturated heterocycles. The van der Waals surface area contributed by atoms with Crippen LogP contribution in [0.5, 0.6) is 5.75 Å². The van der Waals surface area contributed by atoms with Gasteiger partial charge in [0.05, 0.1) is 19.8 Å². The third-order valence-electron chi connectivity index (χ3n) is 5.19. The molecule has 0 saturated carbocycles. The Bertz CT molecular complexity index is 626. The molecule has 2 aliphatic rings. The van der Waals surface area contributed by atoms with Crippen LogP contribution in [0.3, 0.4) is 0 Å². The third kappa shape index (κ3) is 8.11. The molecule has 0 bridgehead atoms. The summed E-state index contributed by atoms with van der Waals surface area (Å²) >= 11 is 5.93. The molecule has 2 heterocycles. The average molecular weight is 537 g/mol. The second kappa shape index (κ2) is 12.8. The van der Waals surface area contributed by atoms with E-state index in [0.717, 1.165) is 64.2 Å². The van der Waals surface area contributed by atoms with Crippen LogP contribution in [0.1, 0.15) is 20.3 Å². The number of nitrogens with zero attached hydrogens (tertiary/aromatic N) is 3. The highest BCUT2D eigenvalue weighted by Gasteiger charge is 2.27. The van der Waals surface area contributed by atoms with Crippen LogP contribution in [0.2, 0.25) is 5.02 Å². The highest BCUT2D eigenvalue weighted by molar-refractivity contribution is 14.0. The van der Waals surface area contributed by atoms with Crippen molar-refractivity contribution in [1.29, 1.82) is 0 Å². The highest BCUT2D eigenvalue weighted by atomic mass is 127. The standard InChI is InChI=1S/C21H33ClN4O2.HI/c1-3-23-21(24-14-17(2)28-20-6-4-19(22)5-7-20)26-9-8-18(16-26)15-25-10-12-27-13-11-25;/h4-7,17-18H,3,8-16H2,1-2H3,(H,23,24);1H. The zero-order valence-electron chi connectivity index (χ0n) is 17.5. The van der Waals surface area contributed by atoms with E-state index in [1.54, 1.807) is 0 Å². The van der Waals surface area contributed by atoms with Gasteiger partial charge in [0.25, 0.3) is 0 Å². The van der Waals surface area contributed by atoms with Crippen molar-refractivity contribution in [3.8, 4) is 5.75 Å². The van der Waals surface area contributed by atoms with Gasteiger partial charge in [0.1, 0.15) is 11.9 Å². The summed E-state index contributed by atoms with van der Waals surface area (Å²) in [6.45, 7) is 12.8. The van der Waals surface area contributed by atoms with Crippen molar-refractivity contribution in [3.05, 3.63) is 29.3 Å². The van der Waals surface area contributed by atoms with Crippen molar-refractivity contribution in [1.82, 2.24) is 15.1 Å². The van der Waals surface area contributed by atoms with Gasteiger partial charge in [-0.15, -0.1) is 24.0 Å². The normalized spacial score (nSPS) is 21.6. The van der Waals surface area contributed by atoms with Crippen molar-refractivity contribution in [2.75, 3.05) is 59.0 Å². The van der Waals surface area contributed by atoms with Gasteiger partial charge in [-0.05, 0) is 50.5 Å². The number of guanidine groups is 1. The number of aliphatic imine (C=N–C) groups is 1. The maximum atomic E-state index is 5.95. The zero-order chi connectivity index (χ0) is 19.8. The molecule has 0 radical (unpaired) electrons. The molecule has 0 aromatic heterocycles. The van der Waals surface area contributed by atoms with Crippen molar-refractivity contribution in [3.63, 3.8) is 0 Å². The molecule has 1 N–H and O–H groups in total. The molecule has 2 atom stereocenters. The summed E-state index contributed by atoms with van der Waals surface area (Å²) in [5.74, 6) is 2.52. The first-order chi connectivity index (χ1) is 13.6. The molecule has 29 heavy (non-hydrogen) atoms. The van der Waals surface area contributed by atoms with E-state index in [1.165, 1.54) is 6.42 Å². The van der Waals surface area contributed by atoms with Crippen LogP contribution >= 0.6 is 35.6 Å². The van der Waals surface area contributed by atoms with Gasteiger partial charge in [-0.1, -0.05) is 11.6 Å². The van der Waals surface area contributed by atoms with Crippen molar-refractivity contribution in [2.45, 2.75) is 26.4 Å². The zero-order valence-corrected chi connectivity index (χ0v) is 20.6. The Morgan fingerprint density at radius 3 is 2.69 bits per heavy atom. The van der Waals surface area contributed by atoms with E-state index < -0.39 is 0 Å². The van der Waals surface area contributed by atoms with Crippen molar-refractivity contribution >= 4 is 41.5 Å². The summed E-state index contributed by atoms with van der Waals surface area (Å²) in [6, 6.07) is 7.47. The Balaban J connectivity index is 0.00000300. The molecule has 1 aromatic carbocycles. The molecule has 1 aromatic rings. The SMILES string of the molecule is CCNC(=NCC(C)Oc1ccc(Cl)cc1)N1CCC(CN2CCOCC2)C1.I. The first kappa shape index (κ1) is 24.5. The van der Waals surface area contributed by atoms with Crippen LogP contribution < -0.4 is 10.1 Å². The fourth-order valence-electron chi connectivity index (χ4n) is 3.75. The van der Waals surface area contributed by atoms with Crippen LogP contribution in [0.25, 0.3) is 0 Å². The first-order valence-corrected chi connectivity index (χ1v) is 10.8. The fourth-order valence-corrected chi connectivity index (χ4v) is 3.87.